The Morgan fingerprint density at radius 2 is 2.09 bits per heavy atom. The molecule has 23 heavy (non-hydrogen) atoms. The quantitative estimate of drug-likeness (QED) is 0.476. The topological polar surface area (TPSA) is 85.9 Å². The maximum Gasteiger partial charge on any atom is 0.255 e. The largest absolute Gasteiger partial charge is 0.496 e. The Bertz CT molecular complexity index is 681. The van der Waals surface area contributed by atoms with Gasteiger partial charge in [-0.25, -0.2) is 4.39 Å². The van der Waals surface area contributed by atoms with Crippen LogP contribution in [0.1, 0.15) is 23.2 Å². The highest BCUT2D eigenvalue weighted by atomic mass is 19.1. The molecule has 0 saturated heterocycles. The first-order valence-electron chi connectivity index (χ1n) is 6.89. The van der Waals surface area contributed by atoms with E-state index in [1.165, 1.54) is 25.3 Å². The molecule has 0 saturated carbocycles. The summed E-state index contributed by atoms with van der Waals surface area (Å²) in [6.07, 6.45) is 6.19. The lowest BCUT2D eigenvalue weighted by atomic mass is 10.1. The van der Waals surface area contributed by atoms with Gasteiger partial charge in [-0.05, 0) is 31.0 Å². The van der Waals surface area contributed by atoms with Gasteiger partial charge in [-0.3, -0.25) is 4.79 Å². The Morgan fingerprint density at radius 1 is 1.35 bits per heavy atom. The summed E-state index contributed by atoms with van der Waals surface area (Å²) in [4.78, 5) is 12.0. The van der Waals surface area contributed by atoms with E-state index in [0.29, 0.717) is 25.1 Å². The Kier molecular flexibility index (Phi) is 7.60. The van der Waals surface area contributed by atoms with Crippen LogP contribution in [0.15, 0.2) is 42.0 Å². The van der Waals surface area contributed by atoms with Gasteiger partial charge in [0, 0.05) is 6.54 Å². The van der Waals surface area contributed by atoms with Gasteiger partial charge in [0.25, 0.3) is 5.91 Å². The monoisotopic (exact) mass is 313 g/mol. The Balaban J connectivity index is 2.44. The van der Waals surface area contributed by atoms with Crippen molar-refractivity contribution in [3.63, 3.8) is 0 Å². The molecule has 0 unspecified atom stereocenters. The summed E-state index contributed by atoms with van der Waals surface area (Å²) in [5, 5.41) is 19.8. The molecule has 0 bridgehead atoms. The number of methoxy groups -OCH3 is 1. The number of nitrogens with one attached hydrogen (secondary N) is 1. The lowest BCUT2D eigenvalue weighted by Gasteiger charge is -2.08. The van der Waals surface area contributed by atoms with E-state index in [1.54, 1.807) is 18.2 Å². The molecule has 5 nitrogen and oxygen atoms in total. The fourth-order valence-electron chi connectivity index (χ4n) is 1.74. The molecule has 0 atom stereocenters. The normalized spacial score (nSPS) is 9.74. The summed E-state index contributed by atoms with van der Waals surface area (Å²) in [6.45, 7) is 0.377. The van der Waals surface area contributed by atoms with Gasteiger partial charge in [-0.15, -0.1) is 0 Å². The number of carbonyl (C=O) groups excluding carboxylic acids is 1. The van der Waals surface area contributed by atoms with E-state index < -0.39 is 11.7 Å². The van der Waals surface area contributed by atoms with E-state index >= 15 is 0 Å². The van der Waals surface area contributed by atoms with Gasteiger partial charge in [0.15, 0.2) is 0 Å². The van der Waals surface area contributed by atoms with E-state index in [9.17, 15) is 9.18 Å². The van der Waals surface area contributed by atoms with Crippen molar-refractivity contribution in [3.8, 4) is 17.9 Å². The van der Waals surface area contributed by atoms with Crippen LogP contribution in [-0.4, -0.2) is 19.6 Å². The minimum absolute atomic E-state index is 0.0705. The van der Waals surface area contributed by atoms with E-state index in [1.807, 2.05) is 6.08 Å². The van der Waals surface area contributed by atoms with Crippen LogP contribution in [0, 0.1) is 28.5 Å². The van der Waals surface area contributed by atoms with E-state index in [-0.39, 0.29) is 11.1 Å². The van der Waals surface area contributed by atoms with Crippen LogP contribution in [0.5, 0.6) is 5.75 Å². The number of rotatable bonds is 7. The third-order valence-corrected chi connectivity index (χ3v) is 2.87. The van der Waals surface area contributed by atoms with Gasteiger partial charge in [-0.2, -0.15) is 10.5 Å². The van der Waals surface area contributed by atoms with Crippen LogP contribution in [-0.2, 0) is 0 Å². The first kappa shape index (κ1) is 17.9. The predicted molar refractivity (Wildman–Crippen MR) is 83.0 cm³/mol. The molecule has 0 spiro atoms. The van der Waals surface area contributed by atoms with E-state index in [2.05, 4.69) is 5.32 Å². The van der Waals surface area contributed by atoms with Crippen molar-refractivity contribution < 1.29 is 13.9 Å². The molecular weight excluding hydrogens is 297 g/mol. The van der Waals surface area contributed by atoms with Crippen LogP contribution in [0.2, 0.25) is 0 Å². The molecule has 0 fully saturated rings. The molecule has 1 aromatic rings. The zero-order chi connectivity index (χ0) is 17.1. The maximum atomic E-state index is 13.2. The molecule has 1 rings (SSSR count). The number of benzene rings is 1. The number of allylic oxidation sites excluding steroid dienone is 3. The summed E-state index contributed by atoms with van der Waals surface area (Å²) in [5.74, 6) is -0.607. The van der Waals surface area contributed by atoms with Crippen molar-refractivity contribution >= 4 is 5.91 Å². The molecule has 0 aliphatic carbocycles. The summed E-state index contributed by atoms with van der Waals surface area (Å²) in [7, 11) is 1.41. The van der Waals surface area contributed by atoms with Gasteiger partial charge >= 0.3 is 0 Å². The second kappa shape index (κ2) is 9.75. The number of ether oxygens (including phenoxy) is 1. The highest BCUT2D eigenvalue weighted by Gasteiger charge is 2.12. The summed E-state index contributed by atoms with van der Waals surface area (Å²) in [6, 6.07) is 7.29. The Hall–Kier alpha value is -3.12. The number of halogens is 1. The first-order valence-corrected chi connectivity index (χ1v) is 6.89. The van der Waals surface area contributed by atoms with Crippen molar-refractivity contribution in [1.82, 2.24) is 5.32 Å². The van der Waals surface area contributed by atoms with Crippen molar-refractivity contribution in [1.29, 1.82) is 10.5 Å². The third kappa shape index (κ3) is 6.03. The van der Waals surface area contributed by atoms with Gasteiger partial charge in [0.2, 0.25) is 0 Å². The summed E-state index contributed by atoms with van der Waals surface area (Å²) < 4.78 is 18.2. The molecule has 0 aromatic heterocycles. The Labute approximate surface area is 134 Å². The molecular formula is C17H16FN3O2. The number of hydrogen-bond donors (Lipinski definition) is 1. The van der Waals surface area contributed by atoms with Gasteiger partial charge < -0.3 is 10.1 Å². The molecule has 0 aliphatic heterocycles. The van der Waals surface area contributed by atoms with E-state index in [0.717, 1.165) is 6.07 Å². The number of carbonyl (C=O) groups is 1. The van der Waals surface area contributed by atoms with Crippen molar-refractivity contribution in [2.24, 2.45) is 0 Å². The molecule has 0 aliphatic rings. The number of amides is 1. The minimum atomic E-state index is -0.506. The smallest absolute Gasteiger partial charge is 0.255 e. The van der Waals surface area contributed by atoms with Crippen LogP contribution in [0.25, 0.3) is 0 Å². The average molecular weight is 313 g/mol. The van der Waals surface area contributed by atoms with Crippen molar-refractivity contribution in [2.45, 2.75) is 12.8 Å². The molecule has 0 heterocycles. The van der Waals surface area contributed by atoms with Crippen LogP contribution in [0.3, 0.4) is 0 Å². The lowest BCUT2D eigenvalue weighted by Crippen LogP contribution is -2.24. The van der Waals surface area contributed by atoms with Crippen molar-refractivity contribution in [2.75, 3.05) is 13.7 Å². The number of nitrogens with zero attached hydrogens (tertiary/aromatic N) is 2. The first-order chi connectivity index (χ1) is 11.1. The minimum Gasteiger partial charge on any atom is -0.496 e. The van der Waals surface area contributed by atoms with E-state index in [4.69, 9.17) is 15.3 Å². The molecule has 1 aromatic carbocycles. The predicted octanol–water partition coefficient (Wildman–Crippen LogP) is 2.87. The molecule has 0 radical (unpaired) electrons. The SMILES string of the molecule is COc1ccc(F)cc1C(=O)NCC/C=C\CC=C(C#N)C#N. The standard InChI is InChI=1S/C17H16FN3O2/c1-23-16-8-7-14(18)10-15(16)17(22)21-9-5-3-2-4-6-13(11-19)12-20/h2-3,6-8,10H,4-5,9H2,1H3,(H,21,22)/b3-2-. The second-order valence-electron chi connectivity index (χ2n) is 4.44. The highest BCUT2D eigenvalue weighted by molar-refractivity contribution is 5.96. The summed E-state index contributed by atoms with van der Waals surface area (Å²) >= 11 is 0. The zero-order valence-electron chi connectivity index (χ0n) is 12.7. The van der Waals surface area contributed by atoms with Gasteiger partial charge in [0.05, 0.1) is 12.7 Å². The molecule has 6 heteroatoms. The third-order valence-electron chi connectivity index (χ3n) is 2.87. The van der Waals surface area contributed by atoms with Gasteiger partial charge in [0.1, 0.15) is 29.3 Å². The van der Waals surface area contributed by atoms with Crippen LogP contribution >= 0.6 is 0 Å². The van der Waals surface area contributed by atoms with Crippen molar-refractivity contribution in [3.05, 3.63) is 53.4 Å². The molecule has 1 N–H and O–H groups in total. The Morgan fingerprint density at radius 3 is 2.74 bits per heavy atom. The molecule has 1 amide bonds. The summed E-state index contributed by atoms with van der Waals surface area (Å²) in [5.41, 5.74) is 0.216. The fraction of sp³-hybridized carbons (Fsp3) is 0.235. The van der Waals surface area contributed by atoms with Crippen LogP contribution < -0.4 is 10.1 Å². The number of hydrogen-bond acceptors (Lipinski definition) is 4. The maximum absolute atomic E-state index is 13.2. The second-order valence-corrected chi connectivity index (χ2v) is 4.44. The zero-order valence-corrected chi connectivity index (χ0v) is 12.7. The lowest BCUT2D eigenvalue weighted by molar-refractivity contribution is 0.0951. The van der Waals surface area contributed by atoms with Crippen LogP contribution in [0.4, 0.5) is 4.39 Å². The molecule has 118 valence electrons. The highest BCUT2D eigenvalue weighted by Crippen LogP contribution is 2.18. The van der Waals surface area contributed by atoms with Gasteiger partial charge in [-0.1, -0.05) is 18.2 Å². The number of nitriles is 2. The average Bonchev–Trinajstić information content (AvgIpc) is 2.57. The fourth-order valence-corrected chi connectivity index (χ4v) is 1.74.